The molecule has 31 heavy (non-hydrogen) atoms. The molecular weight excluding hydrogens is 394 g/mol. The monoisotopic (exact) mass is 423 g/mol. The first-order valence-corrected chi connectivity index (χ1v) is 10.5. The number of amides is 2. The minimum atomic E-state index is -0.713. The first-order chi connectivity index (χ1) is 14.7. The number of benzene rings is 2. The third kappa shape index (κ3) is 5.51. The van der Waals surface area contributed by atoms with Crippen molar-refractivity contribution >= 4 is 18.0 Å². The SMILES string of the molecule is C[C@H](CC(=O)OC(C)(C)C)C(=O)N1C(=O)OC[C@H]1C(c1ccccc1)c1ccccc1. The Kier molecular flexibility index (Phi) is 6.78. The summed E-state index contributed by atoms with van der Waals surface area (Å²) in [4.78, 5) is 39.2. The normalized spacial score (nSPS) is 17.4. The van der Waals surface area contributed by atoms with Gasteiger partial charge in [-0.25, -0.2) is 9.69 Å². The number of nitrogens with zero attached hydrogens (tertiary/aromatic N) is 1. The smallest absolute Gasteiger partial charge is 0.417 e. The van der Waals surface area contributed by atoms with Crippen LogP contribution in [0.25, 0.3) is 0 Å². The lowest BCUT2D eigenvalue weighted by Crippen LogP contribution is -2.45. The third-order valence-electron chi connectivity index (χ3n) is 5.16. The Hall–Kier alpha value is -3.15. The van der Waals surface area contributed by atoms with Crippen molar-refractivity contribution in [3.8, 4) is 0 Å². The van der Waals surface area contributed by atoms with E-state index in [0.29, 0.717) is 0 Å². The van der Waals surface area contributed by atoms with Crippen LogP contribution in [0.2, 0.25) is 0 Å². The van der Waals surface area contributed by atoms with Crippen LogP contribution in [0.4, 0.5) is 4.79 Å². The van der Waals surface area contributed by atoms with Gasteiger partial charge in [0.1, 0.15) is 12.2 Å². The number of carbonyl (C=O) groups is 3. The van der Waals surface area contributed by atoms with Crippen molar-refractivity contribution in [1.82, 2.24) is 4.90 Å². The second kappa shape index (κ2) is 9.33. The summed E-state index contributed by atoms with van der Waals surface area (Å²) in [5, 5.41) is 0. The lowest BCUT2D eigenvalue weighted by atomic mass is 9.84. The molecule has 1 aliphatic heterocycles. The topological polar surface area (TPSA) is 72.9 Å². The van der Waals surface area contributed by atoms with Crippen LogP contribution in [0.15, 0.2) is 60.7 Å². The van der Waals surface area contributed by atoms with Gasteiger partial charge in [0.2, 0.25) is 5.91 Å². The molecule has 0 bridgehead atoms. The van der Waals surface area contributed by atoms with Gasteiger partial charge in [0, 0.05) is 11.8 Å². The second-order valence-electron chi connectivity index (χ2n) is 8.84. The fraction of sp³-hybridized carbons (Fsp3) is 0.400. The quantitative estimate of drug-likeness (QED) is 0.638. The van der Waals surface area contributed by atoms with Crippen LogP contribution in [0.5, 0.6) is 0 Å². The Labute approximate surface area is 183 Å². The molecule has 1 fully saturated rings. The Bertz CT molecular complexity index is 880. The zero-order valence-electron chi connectivity index (χ0n) is 18.4. The predicted molar refractivity (Wildman–Crippen MR) is 116 cm³/mol. The van der Waals surface area contributed by atoms with E-state index in [1.54, 1.807) is 27.7 Å². The van der Waals surface area contributed by atoms with Crippen molar-refractivity contribution in [3.63, 3.8) is 0 Å². The van der Waals surface area contributed by atoms with Crippen LogP contribution in [0.3, 0.4) is 0 Å². The molecule has 0 aromatic heterocycles. The average molecular weight is 424 g/mol. The Morgan fingerprint density at radius 2 is 1.55 bits per heavy atom. The summed E-state index contributed by atoms with van der Waals surface area (Å²) in [7, 11) is 0. The molecule has 164 valence electrons. The van der Waals surface area contributed by atoms with Crippen LogP contribution >= 0.6 is 0 Å². The van der Waals surface area contributed by atoms with Gasteiger partial charge in [0.15, 0.2) is 0 Å². The van der Waals surface area contributed by atoms with Gasteiger partial charge in [-0.1, -0.05) is 67.6 Å². The number of ether oxygens (including phenoxy) is 2. The van der Waals surface area contributed by atoms with Crippen molar-refractivity contribution in [3.05, 3.63) is 71.8 Å². The van der Waals surface area contributed by atoms with E-state index in [4.69, 9.17) is 9.47 Å². The summed E-state index contributed by atoms with van der Waals surface area (Å²) < 4.78 is 10.6. The van der Waals surface area contributed by atoms with E-state index in [2.05, 4.69) is 0 Å². The van der Waals surface area contributed by atoms with Crippen molar-refractivity contribution in [2.45, 2.75) is 51.7 Å². The summed E-state index contributed by atoms with van der Waals surface area (Å²) in [6.45, 7) is 7.05. The zero-order chi connectivity index (χ0) is 22.6. The van der Waals surface area contributed by atoms with Crippen molar-refractivity contribution in [2.24, 2.45) is 5.92 Å². The fourth-order valence-electron chi connectivity index (χ4n) is 3.85. The Morgan fingerprint density at radius 1 is 1.03 bits per heavy atom. The number of imide groups is 1. The predicted octanol–water partition coefficient (Wildman–Crippen LogP) is 4.53. The molecule has 6 nitrogen and oxygen atoms in total. The molecule has 0 N–H and O–H groups in total. The van der Waals surface area contributed by atoms with Crippen LogP contribution in [-0.4, -0.2) is 41.1 Å². The van der Waals surface area contributed by atoms with E-state index >= 15 is 0 Å². The van der Waals surface area contributed by atoms with Crippen molar-refractivity contribution in [2.75, 3.05) is 6.61 Å². The van der Waals surface area contributed by atoms with E-state index in [-0.39, 0.29) is 18.9 Å². The Balaban J connectivity index is 1.88. The van der Waals surface area contributed by atoms with E-state index in [1.165, 1.54) is 4.90 Å². The highest BCUT2D eigenvalue weighted by Crippen LogP contribution is 2.35. The first kappa shape index (κ1) is 22.5. The van der Waals surface area contributed by atoms with Gasteiger partial charge < -0.3 is 9.47 Å². The highest BCUT2D eigenvalue weighted by Gasteiger charge is 2.45. The number of hydrogen-bond donors (Lipinski definition) is 0. The number of cyclic esters (lactones) is 1. The van der Waals surface area contributed by atoms with Crippen LogP contribution in [0.1, 0.15) is 51.2 Å². The molecule has 0 aliphatic carbocycles. The molecule has 0 spiro atoms. The standard InChI is InChI=1S/C25H29NO5/c1-17(15-21(27)31-25(2,3)4)23(28)26-20(16-30-24(26)29)22(18-11-7-5-8-12-18)19-13-9-6-10-14-19/h5-14,17,20,22H,15-16H2,1-4H3/t17-,20+/m1/s1. The number of esters is 1. The molecule has 6 heteroatoms. The van der Waals surface area contributed by atoms with Gasteiger partial charge in [0.05, 0.1) is 12.5 Å². The molecule has 2 aromatic carbocycles. The number of hydrogen-bond acceptors (Lipinski definition) is 5. The van der Waals surface area contributed by atoms with E-state index < -0.39 is 35.5 Å². The summed E-state index contributed by atoms with van der Waals surface area (Å²) in [6, 6.07) is 19.0. The molecule has 2 atom stereocenters. The van der Waals surface area contributed by atoms with Crippen molar-refractivity contribution in [1.29, 1.82) is 0 Å². The van der Waals surface area contributed by atoms with Gasteiger partial charge in [-0.15, -0.1) is 0 Å². The molecular formula is C25H29NO5. The highest BCUT2D eigenvalue weighted by atomic mass is 16.6. The molecule has 2 amide bonds. The maximum absolute atomic E-state index is 13.3. The van der Waals surface area contributed by atoms with Crippen molar-refractivity contribution < 1.29 is 23.9 Å². The summed E-state index contributed by atoms with van der Waals surface area (Å²) in [5.74, 6) is -1.86. The summed E-state index contributed by atoms with van der Waals surface area (Å²) in [5.41, 5.74) is 1.32. The van der Waals surface area contributed by atoms with Crippen LogP contribution < -0.4 is 0 Å². The second-order valence-corrected chi connectivity index (χ2v) is 8.84. The zero-order valence-corrected chi connectivity index (χ0v) is 18.4. The molecule has 1 saturated heterocycles. The van der Waals surface area contributed by atoms with Gasteiger partial charge in [0.25, 0.3) is 0 Å². The van der Waals surface area contributed by atoms with Gasteiger partial charge in [-0.05, 0) is 31.9 Å². The highest BCUT2D eigenvalue weighted by molar-refractivity contribution is 5.96. The molecule has 1 aliphatic rings. The largest absolute Gasteiger partial charge is 0.460 e. The van der Waals surface area contributed by atoms with Crippen LogP contribution in [-0.2, 0) is 19.1 Å². The van der Waals surface area contributed by atoms with E-state index in [1.807, 2.05) is 60.7 Å². The number of rotatable bonds is 6. The lowest BCUT2D eigenvalue weighted by molar-refractivity contribution is -0.158. The minimum Gasteiger partial charge on any atom is -0.460 e. The van der Waals surface area contributed by atoms with Gasteiger partial charge in [-0.3, -0.25) is 9.59 Å². The minimum absolute atomic E-state index is 0.0954. The summed E-state index contributed by atoms with van der Waals surface area (Å²) >= 11 is 0. The first-order valence-electron chi connectivity index (χ1n) is 10.5. The van der Waals surface area contributed by atoms with Crippen LogP contribution in [0, 0.1) is 5.92 Å². The molecule has 1 heterocycles. The van der Waals surface area contributed by atoms with E-state index in [0.717, 1.165) is 11.1 Å². The molecule has 0 unspecified atom stereocenters. The molecule has 3 rings (SSSR count). The molecule has 0 radical (unpaired) electrons. The third-order valence-corrected chi connectivity index (χ3v) is 5.16. The lowest BCUT2D eigenvalue weighted by Gasteiger charge is -2.30. The maximum atomic E-state index is 13.3. The fourth-order valence-corrected chi connectivity index (χ4v) is 3.85. The molecule has 0 saturated carbocycles. The average Bonchev–Trinajstić information content (AvgIpc) is 3.08. The van der Waals surface area contributed by atoms with E-state index in [9.17, 15) is 14.4 Å². The maximum Gasteiger partial charge on any atom is 0.417 e. The summed E-state index contributed by atoms with van der Waals surface area (Å²) in [6.07, 6.45) is -0.781. The molecule has 2 aromatic rings. The number of carbonyl (C=O) groups excluding carboxylic acids is 3. The Morgan fingerprint density at radius 3 is 2.03 bits per heavy atom. The van der Waals surface area contributed by atoms with Gasteiger partial charge >= 0.3 is 12.1 Å². The van der Waals surface area contributed by atoms with Gasteiger partial charge in [-0.2, -0.15) is 0 Å².